The largest absolute Gasteiger partial charge is 0.353 e. The van der Waals surface area contributed by atoms with Gasteiger partial charge in [-0.15, -0.1) is 0 Å². The van der Waals surface area contributed by atoms with Crippen LogP contribution in [-0.4, -0.2) is 25.0 Å². The standard InChI is InChI=1S/C14H26N2O/c1-10-3-5-12(6-4-10)14(17)16-13-7-8-15-9-11(13)2/h10-13,15H,3-9H2,1-2H3,(H,16,17). The molecule has 1 amide bonds. The number of hydrogen-bond donors (Lipinski definition) is 2. The lowest BCUT2D eigenvalue weighted by molar-refractivity contribution is -0.127. The van der Waals surface area contributed by atoms with Gasteiger partial charge < -0.3 is 10.6 Å². The van der Waals surface area contributed by atoms with Gasteiger partial charge >= 0.3 is 0 Å². The van der Waals surface area contributed by atoms with Gasteiger partial charge in [-0.05, 0) is 57.0 Å². The average Bonchev–Trinajstić information content (AvgIpc) is 2.33. The van der Waals surface area contributed by atoms with Gasteiger partial charge in [-0.3, -0.25) is 4.79 Å². The predicted molar refractivity (Wildman–Crippen MR) is 69.7 cm³/mol. The number of hydrogen-bond acceptors (Lipinski definition) is 2. The first kappa shape index (κ1) is 12.9. The summed E-state index contributed by atoms with van der Waals surface area (Å²) in [6.45, 7) is 6.59. The van der Waals surface area contributed by atoms with Gasteiger partial charge in [0, 0.05) is 12.0 Å². The van der Waals surface area contributed by atoms with Crippen molar-refractivity contribution < 1.29 is 4.79 Å². The van der Waals surface area contributed by atoms with E-state index in [9.17, 15) is 4.79 Å². The third-order valence-corrected chi connectivity index (χ3v) is 4.50. The van der Waals surface area contributed by atoms with E-state index in [-0.39, 0.29) is 5.92 Å². The minimum Gasteiger partial charge on any atom is -0.353 e. The van der Waals surface area contributed by atoms with Gasteiger partial charge in [-0.2, -0.15) is 0 Å². The van der Waals surface area contributed by atoms with Gasteiger partial charge in [0.05, 0.1) is 0 Å². The quantitative estimate of drug-likeness (QED) is 0.772. The number of carbonyl (C=O) groups excluding carboxylic acids is 1. The van der Waals surface area contributed by atoms with E-state index >= 15 is 0 Å². The maximum Gasteiger partial charge on any atom is 0.223 e. The number of carbonyl (C=O) groups is 1. The summed E-state index contributed by atoms with van der Waals surface area (Å²) in [4.78, 5) is 12.2. The predicted octanol–water partition coefficient (Wildman–Crippen LogP) is 1.93. The molecule has 1 saturated carbocycles. The van der Waals surface area contributed by atoms with E-state index in [0.29, 0.717) is 17.9 Å². The van der Waals surface area contributed by atoms with Crippen LogP contribution in [0.15, 0.2) is 0 Å². The second-order valence-electron chi connectivity index (χ2n) is 6.04. The van der Waals surface area contributed by atoms with Gasteiger partial charge in [-0.1, -0.05) is 13.8 Å². The molecule has 2 unspecified atom stereocenters. The van der Waals surface area contributed by atoms with Crippen molar-refractivity contribution in [1.29, 1.82) is 0 Å². The van der Waals surface area contributed by atoms with E-state index in [0.717, 1.165) is 38.3 Å². The first-order valence-corrected chi connectivity index (χ1v) is 7.18. The maximum absolute atomic E-state index is 12.2. The van der Waals surface area contributed by atoms with Crippen LogP contribution in [-0.2, 0) is 4.79 Å². The summed E-state index contributed by atoms with van der Waals surface area (Å²) in [7, 11) is 0. The minimum absolute atomic E-state index is 0.285. The van der Waals surface area contributed by atoms with Crippen LogP contribution in [0.2, 0.25) is 0 Å². The van der Waals surface area contributed by atoms with Crippen LogP contribution in [0, 0.1) is 17.8 Å². The topological polar surface area (TPSA) is 41.1 Å². The monoisotopic (exact) mass is 238 g/mol. The Bertz CT molecular complexity index is 259. The zero-order valence-corrected chi connectivity index (χ0v) is 11.2. The zero-order chi connectivity index (χ0) is 12.3. The molecule has 1 aliphatic heterocycles. The molecule has 1 saturated heterocycles. The number of nitrogens with one attached hydrogen (secondary N) is 2. The minimum atomic E-state index is 0.285. The molecule has 2 rings (SSSR count). The van der Waals surface area contributed by atoms with E-state index in [1.165, 1.54) is 12.8 Å². The van der Waals surface area contributed by atoms with Crippen molar-refractivity contribution in [2.75, 3.05) is 13.1 Å². The summed E-state index contributed by atoms with van der Waals surface area (Å²) in [6.07, 6.45) is 5.70. The van der Waals surface area contributed by atoms with Gasteiger partial charge in [0.1, 0.15) is 0 Å². The van der Waals surface area contributed by atoms with E-state index < -0.39 is 0 Å². The fourth-order valence-corrected chi connectivity index (χ4v) is 3.05. The van der Waals surface area contributed by atoms with Gasteiger partial charge in [0.2, 0.25) is 5.91 Å². The van der Waals surface area contributed by atoms with Crippen molar-refractivity contribution in [3.63, 3.8) is 0 Å². The molecular formula is C14H26N2O. The molecule has 3 heteroatoms. The fourth-order valence-electron chi connectivity index (χ4n) is 3.05. The molecule has 0 spiro atoms. The molecular weight excluding hydrogens is 212 g/mol. The maximum atomic E-state index is 12.2. The Morgan fingerprint density at radius 3 is 2.47 bits per heavy atom. The summed E-state index contributed by atoms with van der Waals surface area (Å²) in [5.74, 6) is 1.98. The van der Waals surface area contributed by atoms with Crippen molar-refractivity contribution in [2.24, 2.45) is 17.8 Å². The molecule has 3 nitrogen and oxygen atoms in total. The van der Waals surface area contributed by atoms with Crippen molar-refractivity contribution >= 4 is 5.91 Å². The van der Waals surface area contributed by atoms with Crippen molar-refractivity contribution in [1.82, 2.24) is 10.6 Å². The van der Waals surface area contributed by atoms with Crippen LogP contribution in [0.1, 0.15) is 46.0 Å². The molecule has 2 atom stereocenters. The van der Waals surface area contributed by atoms with Crippen LogP contribution < -0.4 is 10.6 Å². The van der Waals surface area contributed by atoms with Crippen LogP contribution in [0.4, 0.5) is 0 Å². The lowest BCUT2D eigenvalue weighted by atomic mass is 9.82. The van der Waals surface area contributed by atoms with Gasteiger partial charge in [0.25, 0.3) is 0 Å². The highest BCUT2D eigenvalue weighted by Gasteiger charge is 2.28. The lowest BCUT2D eigenvalue weighted by Gasteiger charge is -2.33. The highest BCUT2D eigenvalue weighted by Crippen LogP contribution is 2.28. The second kappa shape index (κ2) is 5.85. The van der Waals surface area contributed by atoms with Crippen LogP contribution in [0.25, 0.3) is 0 Å². The molecule has 0 aromatic heterocycles. The molecule has 1 heterocycles. The van der Waals surface area contributed by atoms with Gasteiger partial charge in [-0.25, -0.2) is 0 Å². The summed E-state index contributed by atoms with van der Waals surface area (Å²) in [5, 5.41) is 6.65. The molecule has 2 aliphatic rings. The number of piperidine rings is 1. The third-order valence-electron chi connectivity index (χ3n) is 4.50. The Morgan fingerprint density at radius 1 is 1.12 bits per heavy atom. The van der Waals surface area contributed by atoms with E-state index in [1.807, 2.05) is 0 Å². The number of rotatable bonds is 2. The normalized spacial score (nSPS) is 38.7. The second-order valence-corrected chi connectivity index (χ2v) is 6.04. The zero-order valence-electron chi connectivity index (χ0n) is 11.2. The Balaban J connectivity index is 1.79. The fraction of sp³-hybridized carbons (Fsp3) is 0.929. The van der Waals surface area contributed by atoms with Gasteiger partial charge in [0.15, 0.2) is 0 Å². The van der Waals surface area contributed by atoms with Crippen LogP contribution >= 0.6 is 0 Å². The van der Waals surface area contributed by atoms with E-state index in [1.54, 1.807) is 0 Å². The third kappa shape index (κ3) is 3.44. The van der Waals surface area contributed by atoms with E-state index in [4.69, 9.17) is 0 Å². The molecule has 1 aliphatic carbocycles. The Kier molecular flexibility index (Phi) is 4.43. The average molecular weight is 238 g/mol. The number of amides is 1. The van der Waals surface area contributed by atoms with Crippen LogP contribution in [0.3, 0.4) is 0 Å². The Labute approximate surface area is 105 Å². The SMILES string of the molecule is CC1CCC(C(=O)NC2CCNCC2C)CC1. The first-order valence-electron chi connectivity index (χ1n) is 7.18. The molecule has 0 aromatic carbocycles. The summed E-state index contributed by atoms with van der Waals surface area (Å²) < 4.78 is 0. The summed E-state index contributed by atoms with van der Waals surface area (Å²) in [5.41, 5.74) is 0. The van der Waals surface area contributed by atoms with Crippen molar-refractivity contribution in [2.45, 2.75) is 52.0 Å². The van der Waals surface area contributed by atoms with Crippen molar-refractivity contribution in [3.05, 3.63) is 0 Å². The Morgan fingerprint density at radius 2 is 1.82 bits per heavy atom. The molecule has 2 fully saturated rings. The molecule has 0 bridgehead atoms. The molecule has 0 radical (unpaired) electrons. The highest BCUT2D eigenvalue weighted by atomic mass is 16.1. The summed E-state index contributed by atoms with van der Waals surface area (Å²) in [6, 6.07) is 0.392. The van der Waals surface area contributed by atoms with E-state index in [2.05, 4.69) is 24.5 Å². The van der Waals surface area contributed by atoms with Crippen LogP contribution in [0.5, 0.6) is 0 Å². The Hall–Kier alpha value is -0.570. The highest BCUT2D eigenvalue weighted by molar-refractivity contribution is 5.79. The smallest absolute Gasteiger partial charge is 0.223 e. The lowest BCUT2D eigenvalue weighted by Crippen LogP contribution is -2.50. The molecule has 0 aromatic rings. The molecule has 98 valence electrons. The molecule has 17 heavy (non-hydrogen) atoms. The van der Waals surface area contributed by atoms with Crippen molar-refractivity contribution in [3.8, 4) is 0 Å². The summed E-state index contributed by atoms with van der Waals surface area (Å²) >= 11 is 0. The first-order chi connectivity index (χ1) is 8.16. The molecule has 2 N–H and O–H groups in total.